The first-order valence-corrected chi connectivity index (χ1v) is 10.7. The summed E-state index contributed by atoms with van der Waals surface area (Å²) in [4.78, 5) is 34.5. The molecule has 164 valence electrons. The van der Waals surface area contributed by atoms with Crippen LogP contribution in [0.3, 0.4) is 0 Å². The van der Waals surface area contributed by atoms with Gasteiger partial charge in [-0.1, -0.05) is 35.9 Å². The Morgan fingerprint density at radius 2 is 1.82 bits per heavy atom. The first-order valence-electron chi connectivity index (χ1n) is 10.7. The fourth-order valence-electron chi connectivity index (χ4n) is 3.83. The van der Waals surface area contributed by atoms with Crippen molar-refractivity contribution >= 4 is 33.5 Å². The number of para-hydroxylation sites is 1. The second-order valence-electron chi connectivity index (χ2n) is 8.00. The lowest BCUT2D eigenvalue weighted by molar-refractivity contribution is -0.116. The Morgan fingerprint density at radius 1 is 1.03 bits per heavy atom. The molecule has 0 fully saturated rings. The van der Waals surface area contributed by atoms with Crippen LogP contribution in [0, 0.1) is 13.8 Å². The molecule has 3 heterocycles. The van der Waals surface area contributed by atoms with Gasteiger partial charge in [-0.2, -0.15) is 5.10 Å². The van der Waals surface area contributed by atoms with Crippen molar-refractivity contribution in [2.45, 2.75) is 26.8 Å². The van der Waals surface area contributed by atoms with Gasteiger partial charge in [-0.3, -0.25) is 19.1 Å². The SMILES string of the molecule is Cc1ccc(-n2ncc3c(=O)n(CCC(=O)Nc4cc(C)nc5ccccc45)cnc32)cc1. The molecule has 0 aliphatic rings. The second kappa shape index (κ2) is 8.31. The predicted octanol–water partition coefficient (Wildman–Crippen LogP) is 3.78. The van der Waals surface area contributed by atoms with E-state index in [0.29, 0.717) is 16.7 Å². The van der Waals surface area contributed by atoms with Gasteiger partial charge in [-0.05, 0) is 38.1 Å². The molecule has 8 heteroatoms. The van der Waals surface area contributed by atoms with E-state index >= 15 is 0 Å². The maximum absolute atomic E-state index is 12.9. The van der Waals surface area contributed by atoms with E-state index in [0.717, 1.165) is 27.8 Å². The third kappa shape index (κ3) is 3.98. The summed E-state index contributed by atoms with van der Waals surface area (Å²) in [6, 6.07) is 17.3. The average molecular weight is 438 g/mol. The van der Waals surface area contributed by atoms with Crippen molar-refractivity contribution in [2.75, 3.05) is 5.32 Å². The smallest absolute Gasteiger partial charge is 0.264 e. The van der Waals surface area contributed by atoms with Gasteiger partial charge < -0.3 is 5.32 Å². The number of anilines is 1. The lowest BCUT2D eigenvalue weighted by atomic mass is 10.1. The van der Waals surface area contributed by atoms with Gasteiger partial charge >= 0.3 is 0 Å². The number of pyridine rings is 1. The van der Waals surface area contributed by atoms with Gasteiger partial charge in [0.05, 0.1) is 29.4 Å². The first kappa shape index (κ1) is 20.6. The molecule has 0 unspecified atom stereocenters. The van der Waals surface area contributed by atoms with E-state index in [1.807, 2.05) is 68.4 Å². The van der Waals surface area contributed by atoms with E-state index in [-0.39, 0.29) is 24.4 Å². The fraction of sp³-hybridized carbons (Fsp3) is 0.160. The fourth-order valence-corrected chi connectivity index (χ4v) is 3.83. The summed E-state index contributed by atoms with van der Waals surface area (Å²) in [6.45, 7) is 4.11. The summed E-state index contributed by atoms with van der Waals surface area (Å²) >= 11 is 0. The second-order valence-corrected chi connectivity index (χ2v) is 8.00. The van der Waals surface area contributed by atoms with Gasteiger partial charge in [0.2, 0.25) is 5.91 Å². The molecular weight excluding hydrogens is 416 g/mol. The third-order valence-electron chi connectivity index (χ3n) is 5.53. The van der Waals surface area contributed by atoms with Crippen LogP contribution in [0.4, 0.5) is 5.69 Å². The Labute approximate surface area is 189 Å². The molecule has 0 bridgehead atoms. The van der Waals surface area contributed by atoms with Crippen LogP contribution in [0.15, 0.2) is 71.9 Å². The Hall–Kier alpha value is -4.33. The molecule has 5 rings (SSSR count). The highest BCUT2D eigenvalue weighted by atomic mass is 16.2. The number of hydrogen-bond donors (Lipinski definition) is 1. The minimum atomic E-state index is -0.226. The summed E-state index contributed by atoms with van der Waals surface area (Å²) < 4.78 is 3.09. The molecule has 3 aromatic heterocycles. The van der Waals surface area contributed by atoms with Crippen LogP contribution in [0.2, 0.25) is 0 Å². The molecule has 33 heavy (non-hydrogen) atoms. The van der Waals surface area contributed by atoms with E-state index in [1.165, 1.54) is 17.1 Å². The molecule has 0 atom stereocenters. The maximum Gasteiger partial charge on any atom is 0.264 e. The number of amides is 1. The summed E-state index contributed by atoms with van der Waals surface area (Å²) in [5.41, 5.74) is 4.59. The van der Waals surface area contributed by atoms with Crippen molar-refractivity contribution in [3.63, 3.8) is 0 Å². The molecule has 0 spiro atoms. The standard InChI is InChI=1S/C25H22N6O2/c1-16-7-9-18(10-8-16)31-24-20(14-27-31)25(33)30(15-26-24)12-11-23(32)29-22-13-17(2)28-21-6-4-3-5-19(21)22/h3-10,13-15H,11-12H2,1-2H3,(H,28,29,32). The van der Waals surface area contributed by atoms with Crippen molar-refractivity contribution in [3.8, 4) is 5.69 Å². The highest BCUT2D eigenvalue weighted by Gasteiger charge is 2.13. The Morgan fingerprint density at radius 3 is 2.64 bits per heavy atom. The largest absolute Gasteiger partial charge is 0.325 e. The quantitative estimate of drug-likeness (QED) is 0.451. The van der Waals surface area contributed by atoms with E-state index in [2.05, 4.69) is 20.4 Å². The number of nitrogens with one attached hydrogen (secondary N) is 1. The average Bonchev–Trinajstić information content (AvgIpc) is 3.24. The minimum absolute atomic E-state index is 0.134. The molecule has 1 N–H and O–H groups in total. The first-order chi connectivity index (χ1) is 16.0. The van der Waals surface area contributed by atoms with Gasteiger partial charge in [-0.15, -0.1) is 0 Å². The molecule has 8 nitrogen and oxygen atoms in total. The molecule has 1 amide bonds. The van der Waals surface area contributed by atoms with Crippen LogP contribution in [0.5, 0.6) is 0 Å². The summed E-state index contributed by atoms with van der Waals surface area (Å²) in [7, 11) is 0. The van der Waals surface area contributed by atoms with Gasteiger partial charge in [0, 0.05) is 24.0 Å². The van der Waals surface area contributed by atoms with Crippen LogP contribution in [-0.4, -0.2) is 30.2 Å². The molecule has 0 saturated carbocycles. The molecule has 0 saturated heterocycles. The normalized spacial score (nSPS) is 11.2. The molecular formula is C25H22N6O2. The minimum Gasteiger partial charge on any atom is -0.325 e. The van der Waals surface area contributed by atoms with E-state index in [4.69, 9.17) is 0 Å². The number of carbonyl (C=O) groups is 1. The van der Waals surface area contributed by atoms with Crippen LogP contribution < -0.4 is 10.9 Å². The monoisotopic (exact) mass is 438 g/mol. The lowest BCUT2D eigenvalue weighted by Crippen LogP contribution is -2.23. The number of aryl methyl sites for hydroxylation is 3. The number of fused-ring (bicyclic) bond motifs is 2. The number of benzene rings is 2. The summed E-state index contributed by atoms with van der Waals surface area (Å²) in [5, 5.41) is 8.58. The zero-order chi connectivity index (χ0) is 22.9. The molecule has 2 aromatic carbocycles. The Kier molecular flexibility index (Phi) is 5.18. The zero-order valence-electron chi connectivity index (χ0n) is 18.3. The topological polar surface area (TPSA) is 94.7 Å². The van der Waals surface area contributed by atoms with Crippen molar-refractivity contribution in [2.24, 2.45) is 0 Å². The molecule has 0 aliphatic carbocycles. The van der Waals surface area contributed by atoms with Crippen molar-refractivity contribution < 1.29 is 4.79 Å². The van der Waals surface area contributed by atoms with Crippen molar-refractivity contribution in [1.29, 1.82) is 0 Å². The van der Waals surface area contributed by atoms with Crippen LogP contribution in [0.1, 0.15) is 17.7 Å². The van der Waals surface area contributed by atoms with Crippen molar-refractivity contribution in [3.05, 3.63) is 88.7 Å². The van der Waals surface area contributed by atoms with Crippen LogP contribution >= 0.6 is 0 Å². The van der Waals surface area contributed by atoms with E-state index < -0.39 is 0 Å². The van der Waals surface area contributed by atoms with Crippen LogP contribution in [0.25, 0.3) is 27.6 Å². The lowest BCUT2D eigenvalue weighted by Gasteiger charge is -2.10. The third-order valence-corrected chi connectivity index (χ3v) is 5.53. The maximum atomic E-state index is 12.9. The molecule has 0 radical (unpaired) electrons. The molecule has 5 aromatic rings. The number of rotatable bonds is 5. The highest BCUT2D eigenvalue weighted by molar-refractivity contribution is 6.01. The van der Waals surface area contributed by atoms with Gasteiger partial charge in [0.15, 0.2) is 5.65 Å². The number of carbonyl (C=O) groups excluding carboxylic acids is 1. The highest BCUT2D eigenvalue weighted by Crippen LogP contribution is 2.23. The number of hydrogen-bond acceptors (Lipinski definition) is 5. The Bertz CT molecular complexity index is 1550. The zero-order valence-corrected chi connectivity index (χ0v) is 18.3. The van der Waals surface area contributed by atoms with E-state index in [9.17, 15) is 9.59 Å². The van der Waals surface area contributed by atoms with Gasteiger partial charge in [0.1, 0.15) is 5.39 Å². The number of aromatic nitrogens is 5. The van der Waals surface area contributed by atoms with Gasteiger partial charge in [0.25, 0.3) is 5.56 Å². The van der Waals surface area contributed by atoms with Gasteiger partial charge in [-0.25, -0.2) is 9.67 Å². The Balaban J connectivity index is 1.35. The summed E-state index contributed by atoms with van der Waals surface area (Å²) in [5.74, 6) is -0.187. The van der Waals surface area contributed by atoms with Crippen LogP contribution in [-0.2, 0) is 11.3 Å². The van der Waals surface area contributed by atoms with Crippen molar-refractivity contribution in [1.82, 2.24) is 24.3 Å². The summed E-state index contributed by atoms with van der Waals surface area (Å²) in [6.07, 6.45) is 3.12. The molecule has 0 aliphatic heterocycles. The predicted molar refractivity (Wildman–Crippen MR) is 128 cm³/mol. The number of nitrogens with zero attached hydrogens (tertiary/aromatic N) is 5. The van der Waals surface area contributed by atoms with E-state index in [1.54, 1.807) is 4.68 Å².